The fourth-order valence-corrected chi connectivity index (χ4v) is 3.14. The molecule has 0 aliphatic heterocycles. The van der Waals surface area contributed by atoms with Crippen LogP contribution in [0, 0.1) is 5.92 Å². The van der Waals surface area contributed by atoms with E-state index in [9.17, 15) is 9.59 Å². The molecule has 3 rings (SSSR count). The highest BCUT2D eigenvalue weighted by Crippen LogP contribution is 2.24. The molecule has 1 atom stereocenters. The number of hydrogen-bond acceptors (Lipinski definition) is 5. The first-order chi connectivity index (χ1) is 16.4. The number of carbonyl (C=O) groups is 2. The van der Waals surface area contributed by atoms with Gasteiger partial charge < -0.3 is 14.8 Å². The van der Waals surface area contributed by atoms with Crippen molar-refractivity contribution in [3.63, 3.8) is 0 Å². The van der Waals surface area contributed by atoms with Crippen LogP contribution in [0.15, 0.2) is 71.8 Å². The average molecular weight is 500 g/mol. The molecule has 9 heteroatoms. The zero-order chi connectivity index (χ0) is 24.5. The number of benzene rings is 3. The van der Waals surface area contributed by atoms with Gasteiger partial charge in [-0.05, 0) is 61.0 Å². The van der Waals surface area contributed by atoms with Crippen molar-refractivity contribution in [2.45, 2.75) is 13.5 Å². The van der Waals surface area contributed by atoms with E-state index in [1.54, 1.807) is 55.6 Å². The molecule has 0 heterocycles. The quantitative estimate of drug-likeness (QED) is 0.237. The van der Waals surface area contributed by atoms with Crippen molar-refractivity contribution >= 4 is 46.9 Å². The third-order valence-electron chi connectivity index (χ3n) is 4.82. The number of methoxy groups -OCH3 is 1. The Balaban J connectivity index is 1.56. The summed E-state index contributed by atoms with van der Waals surface area (Å²) in [5.74, 6) is -0.726. The Morgan fingerprint density at radius 3 is 2.44 bits per heavy atom. The van der Waals surface area contributed by atoms with Gasteiger partial charge in [0.1, 0.15) is 24.0 Å². The molecule has 2 amide bonds. The number of carbonyl (C=O) groups excluding carboxylic acids is 2. The third kappa shape index (κ3) is 6.97. The molecule has 0 saturated carbocycles. The summed E-state index contributed by atoms with van der Waals surface area (Å²) in [5.41, 5.74) is 4.45. The lowest BCUT2D eigenvalue weighted by atomic mass is 10.1. The fraction of sp³-hybridized carbons (Fsp3) is 0.160. The van der Waals surface area contributed by atoms with E-state index < -0.39 is 17.7 Å². The van der Waals surface area contributed by atoms with Crippen molar-refractivity contribution in [2.24, 2.45) is 11.0 Å². The number of nitrogens with zero attached hydrogens (tertiary/aromatic N) is 1. The van der Waals surface area contributed by atoms with Crippen molar-refractivity contribution in [3.8, 4) is 11.5 Å². The van der Waals surface area contributed by atoms with Crippen LogP contribution in [0.5, 0.6) is 11.5 Å². The van der Waals surface area contributed by atoms with E-state index in [0.29, 0.717) is 32.8 Å². The molecule has 3 aromatic carbocycles. The van der Waals surface area contributed by atoms with Crippen LogP contribution in [0.25, 0.3) is 0 Å². The van der Waals surface area contributed by atoms with Gasteiger partial charge in [-0.15, -0.1) is 0 Å². The van der Waals surface area contributed by atoms with Crippen LogP contribution in [0.2, 0.25) is 10.0 Å². The minimum absolute atomic E-state index is 0.274. The summed E-state index contributed by atoms with van der Waals surface area (Å²) in [4.78, 5) is 24.7. The predicted octanol–water partition coefficient (Wildman–Crippen LogP) is 5.31. The molecule has 0 aromatic heterocycles. The highest BCUT2D eigenvalue weighted by atomic mass is 35.5. The van der Waals surface area contributed by atoms with Crippen molar-refractivity contribution in [1.82, 2.24) is 5.43 Å². The second-order valence-corrected chi connectivity index (χ2v) is 8.06. The number of hydrogen-bond donors (Lipinski definition) is 2. The maximum atomic E-state index is 12.4. The van der Waals surface area contributed by atoms with E-state index in [2.05, 4.69) is 15.8 Å². The molecule has 0 saturated heterocycles. The Hall–Kier alpha value is -3.55. The lowest BCUT2D eigenvalue weighted by molar-refractivity contribution is -0.131. The Labute approximate surface area is 207 Å². The predicted molar refractivity (Wildman–Crippen MR) is 134 cm³/mol. The Morgan fingerprint density at radius 1 is 1.00 bits per heavy atom. The minimum Gasteiger partial charge on any atom is -0.497 e. The summed E-state index contributed by atoms with van der Waals surface area (Å²) in [5, 5.41) is 7.58. The van der Waals surface area contributed by atoms with Crippen molar-refractivity contribution in [1.29, 1.82) is 0 Å². The zero-order valence-corrected chi connectivity index (χ0v) is 20.1. The number of anilines is 1. The van der Waals surface area contributed by atoms with Gasteiger partial charge in [0, 0.05) is 11.3 Å². The highest BCUT2D eigenvalue weighted by molar-refractivity contribution is 6.42. The Bertz CT molecular complexity index is 1180. The summed E-state index contributed by atoms with van der Waals surface area (Å²) in [6, 6.07) is 19.3. The van der Waals surface area contributed by atoms with E-state index in [0.717, 1.165) is 5.56 Å². The molecule has 7 nitrogen and oxygen atoms in total. The molecule has 0 radical (unpaired) electrons. The number of nitrogens with one attached hydrogen (secondary N) is 2. The maximum Gasteiger partial charge on any atom is 0.252 e. The lowest BCUT2D eigenvalue weighted by Crippen LogP contribution is -2.34. The van der Waals surface area contributed by atoms with Crippen LogP contribution in [0.4, 0.5) is 5.69 Å². The van der Waals surface area contributed by atoms with Gasteiger partial charge in [-0.3, -0.25) is 9.59 Å². The van der Waals surface area contributed by atoms with Gasteiger partial charge in [0.05, 0.1) is 23.4 Å². The maximum absolute atomic E-state index is 12.4. The highest BCUT2D eigenvalue weighted by Gasteiger charge is 2.21. The molecule has 0 fully saturated rings. The summed E-state index contributed by atoms with van der Waals surface area (Å²) >= 11 is 12.0. The topological polar surface area (TPSA) is 89.0 Å². The second-order valence-electron chi connectivity index (χ2n) is 7.25. The fourth-order valence-electron chi connectivity index (χ4n) is 2.82. The number of rotatable bonds is 9. The van der Waals surface area contributed by atoms with Gasteiger partial charge in [0.25, 0.3) is 5.91 Å². The van der Waals surface area contributed by atoms with Crippen LogP contribution in [-0.4, -0.2) is 25.1 Å². The average Bonchev–Trinajstić information content (AvgIpc) is 2.85. The van der Waals surface area contributed by atoms with Crippen LogP contribution >= 0.6 is 23.2 Å². The van der Waals surface area contributed by atoms with Crippen molar-refractivity contribution in [2.75, 3.05) is 12.4 Å². The summed E-state index contributed by atoms with van der Waals surface area (Å²) < 4.78 is 10.9. The van der Waals surface area contributed by atoms with E-state index >= 15 is 0 Å². The third-order valence-corrected chi connectivity index (χ3v) is 5.56. The van der Waals surface area contributed by atoms with Crippen molar-refractivity contribution < 1.29 is 19.1 Å². The molecule has 0 bridgehead atoms. The number of halogens is 2. The van der Waals surface area contributed by atoms with Gasteiger partial charge in [-0.1, -0.05) is 41.4 Å². The Morgan fingerprint density at radius 2 is 1.74 bits per heavy atom. The molecule has 0 aliphatic rings. The smallest absolute Gasteiger partial charge is 0.252 e. The summed E-state index contributed by atoms with van der Waals surface area (Å²) in [6.07, 6.45) is 1.45. The van der Waals surface area contributed by atoms with E-state index in [4.69, 9.17) is 32.7 Å². The largest absolute Gasteiger partial charge is 0.497 e. The molecule has 2 N–H and O–H groups in total. The molecule has 3 aromatic rings. The number of amides is 2. The molecular formula is C25H23Cl2N3O4. The van der Waals surface area contributed by atoms with Crippen molar-refractivity contribution in [3.05, 3.63) is 87.9 Å². The van der Waals surface area contributed by atoms with E-state index in [-0.39, 0.29) is 6.61 Å². The van der Waals surface area contributed by atoms with Gasteiger partial charge >= 0.3 is 0 Å². The molecule has 0 spiro atoms. The van der Waals surface area contributed by atoms with Gasteiger partial charge in [0.2, 0.25) is 5.91 Å². The van der Waals surface area contributed by atoms with Crippen LogP contribution in [-0.2, 0) is 16.2 Å². The summed E-state index contributed by atoms with van der Waals surface area (Å²) in [6.45, 7) is 1.77. The van der Waals surface area contributed by atoms with Crippen LogP contribution < -0.4 is 20.2 Å². The molecule has 0 aliphatic carbocycles. The van der Waals surface area contributed by atoms with Gasteiger partial charge in [-0.25, -0.2) is 5.43 Å². The SMILES string of the molecule is COc1ccc(NC(=O)C(C)C(=O)NN=Cc2ccccc2OCc2ccc(Cl)c(Cl)c2)cc1. The first-order valence-electron chi connectivity index (χ1n) is 10.3. The van der Waals surface area contributed by atoms with Crippen LogP contribution in [0.1, 0.15) is 18.1 Å². The first kappa shape index (κ1) is 25.1. The first-order valence-corrected chi connectivity index (χ1v) is 11.1. The van der Waals surface area contributed by atoms with E-state index in [1.807, 2.05) is 18.2 Å². The second kappa shape index (κ2) is 12.1. The number of ether oxygens (including phenoxy) is 2. The monoisotopic (exact) mass is 499 g/mol. The normalized spacial score (nSPS) is 11.6. The van der Waals surface area contributed by atoms with Gasteiger partial charge in [0.15, 0.2) is 0 Å². The number of hydrazone groups is 1. The lowest BCUT2D eigenvalue weighted by Gasteiger charge is -2.11. The van der Waals surface area contributed by atoms with Crippen LogP contribution in [0.3, 0.4) is 0 Å². The molecule has 1 unspecified atom stereocenters. The zero-order valence-electron chi connectivity index (χ0n) is 18.5. The Kier molecular flexibility index (Phi) is 8.90. The number of para-hydroxylation sites is 1. The van der Waals surface area contributed by atoms with E-state index in [1.165, 1.54) is 13.1 Å². The molecular weight excluding hydrogens is 477 g/mol. The standard InChI is InChI=1S/C25H23Cl2N3O4/c1-16(24(31)29-19-8-10-20(33-2)11-9-19)25(32)30-28-14-18-5-3-4-6-23(18)34-15-17-7-12-21(26)22(27)13-17/h3-14,16H,15H2,1-2H3,(H,29,31)(H,30,32). The van der Waals surface area contributed by atoms with Gasteiger partial charge in [-0.2, -0.15) is 5.10 Å². The summed E-state index contributed by atoms with van der Waals surface area (Å²) in [7, 11) is 1.56. The minimum atomic E-state index is -0.958. The molecule has 34 heavy (non-hydrogen) atoms. The molecule has 176 valence electrons.